The van der Waals surface area contributed by atoms with Crippen LogP contribution in [0.15, 0.2) is 35.1 Å². The third-order valence-corrected chi connectivity index (χ3v) is 2.78. The Morgan fingerprint density at radius 3 is 2.85 bits per heavy atom. The lowest BCUT2D eigenvalue weighted by Crippen LogP contribution is -2.11. The van der Waals surface area contributed by atoms with Crippen LogP contribution < -0.4 is 11.3 Å². The van der Waals surface area contributed by atoms with Gasteiger partial charge in [-0.25, -0.2) is 4.98 Å². The number of nitrogen functional groups attached to an aromatic ring is 1. The predicted molar refractivity (Wildman–Crippen MR) is 76.0 cm³/mol. The molecule has 0 atom stereocenters. The van der Waals surface area contributed by atoms with Crippen LogP contribution in [0.3, 0.4) is 0 Å². The SMILES string of the molecule is [3H]c1ccc(C#Cc2nc3c(=O)[nH]c(N)nc3n2C)cc1. The van der Waals surface area contributed by atoms with E-state index < -0.39 is 0 Å². The maximum absolute atomic E-state index is 11.8. The Morgan fingerprint density at radius 1 is 1.35 bits per heavy atom. The van der Waals surface area contributed by atoms with E-state index in [9.17, 15) is 4.79 Å². The van der Waals surface area contributed by atoms with Crippen molar-refractivity contribution in [1.29, 1.82) is 0 Å². The molecule has 0 fully saturated rings. The molecular formula is C14H11N5O. The quantitative estimate of drug-likeness (QED) is 0.585. The molecule has 6 heteroatoms. The molecule has 3 rings (SSSR count). The van der Waals surface area contributed by atoms with Crippen molar-refractivity contribution < 1.29 is 1.37 Å². The molecule has 0 unspecified atom stereocenters. The highest BCUT2D eigenvalue weighted by Crippen LogP contribution is 2.08. The van der Waals surface area contributed by atoms with Crippen molar-refractivity contribution in [3.63, 3.8) is 0 Å². The zero-order valence-electron chi connectivity index (χ0n) is 11.6. The van der Waals surface area contributed by atoms with Gasteiger partial charge in [-0.15, -0.1) is 0 Å². The highest BCUT2D eigenvalue weighted by atomic mass is 16.1. The summed E-state index contributed by atoms with van der Waals surface area (Å²) in [5.74, 6) is 6.29. The third kappa shape index (κ3) is 2.01. The van der Waals surface area contributed by atoms with Gasteiger partial charge in [0.1, 0.15) is 0 Å². The zero-order chi connectivity index (χ0) is 15.0. The number of nitrogens with one attached hydrogen (secondary N) is 1. The highest BCUT2D eigenvalue weighted by Gasteiger charge is 2.11. The molecule has 0 bridgehead atoms. The van der Waals surface area contributed by atoms with Crippen LogP contribution in [0.2, 0.25) is 0 Å². The summed E-state index contributed by atoms with van der Waals surface area (Å²) in [6.07, 6.45) is 0. The van der Waals surface area contributed by atoms with Gasteiger partial charge in [-0.05, 0) is 18.1 Å². The maximum atomic E-state index is 11.8. The minimum absolute atomic E-state index is 0.0426. The Kier molecular flexibility index (Phi) is 2.46. The molecule has 0 saturated heterocycles. The monoisotopic (exact) mass is 267 g/mol. The minimum Gasteiger partial charge on any atom is -0.369 e. The van der Waals surface area contributed by atoms with E-state index in [1.807, 2.05) is 0 Å². The molecule has 0 amide bonds. The van der Waals surface area contributed by atoms with E-state index in [1.165, 1.54) is 0 Å². The normalized spacial score (nSPS) is 10.9. The molecule has 98 valence electrons. The molecule has 2 heterocycles. The fourth-order valence-corrected chi connectivity index (χ4v) is 1.80. The summed E-state index contributed by atoms with van der Waals surface area (Å²) in [4.78, 5) is 22.4. The first-order valence-corrected chi connectivity index (χ1v) is 5.85. The molecule has 0 spiro atoms. The van der Waals surface area contributed by atoms with Gasteiger partial charge in [0.15, 0.2) is 17.0 Å². The average Bonchev–Trinajstić information content (AvgIpc) is 2.76. The van der Waals surface area contributed by atoms with Crippen molar-refractivity contribution >= 4 is 17.1 Å². The van der Waals surface area contributed by atoms with Gasteiger partial charge >= 0.3 is 0 Å². The summed E-state index contributed by atoms with van der Waals surface area (Å²) >= 11 is 0. The van der Waals surface area contributed by atoms with Crippen molar-refractivity contribution in [2.75, 3.05) is 5.73 Å². The molecule has 3 N–H and O–H groups in total. The predicted octanol–water partition coefficient (Wildman–Crippen LogP) is 0.639. The summed E-state index contributed by atoms with van der Waals surface area (Å²) in [6, 6.07) is 7.24. The lowest BCUT2D eigenvalue weighted by Gasteiger charge is -1.95. The standard InChI is InChI=1S/C14H11N5O/c1-19-10(8-7-9-5-3-2-4-6-9)16-11-12(19)17-14(15)18-13(11)20/h2-6H,1H3,(H3,15,17,18,20)/i2T. The van der Waals surface area contributed by atoms with Gasteiger partial charge in [0.25, 0.3) is 5.56 Å². The Labute approximate surface area is 115 Å². The first-order valence-electron chi connectivity index (χ1n) is 6.35. The molecule has 20 heavy (non-hydrogen) atoms. The van der Waals surface area contributed by atoms with E-state index in [2.05, 4.69) is 26.8 Å². The summed E-state index contributed by atoms with van der Waals surface area (Å²) in [6.45, 7) is 0. The number of hydrogen-bond donors (Lipinski definition) is 2. The van der Waals surface area contributed by atoms with Gasteiger partial charge in [0.05, 0.1) is 1.37 Å². The number of aromatic nitrogens is 4. The number of aromatic amines is 1. The van der Waals surface area contributed by atoms with Gasteiger partial charge in [0.2, 0.25) is 5.95 Å². The summed E-state index contributed by atoms with van der Waals surface area (Å²) < 4.78 is 9.03. The van der Waals surface area contributed by atoms with Crippen LogP contribution in [0.25, 0.3) is 11.2 Å². The molecule has 6 nitrogen and oxygen atoms in total. The second kappa shape index (κ2) is 4.55. The van der Waals surface area contributed by atoms with Crippen LogP contribution in [-0.2, 0) is 7.05 Å². The number of rotatable bonds is 0. The average molecular weight is 267 g/mol. The van der Waals surface area contributed by atoms with E-state index in [4.69, 9.17) is 7.10 Å². The van der Waals surface area contributed by atoms with Crippen molar-refractivity contribution in [2.45, 2.75) is 0 Å². The largest absolute Gasteiger partial charge is 0.369 e. The molecule has 0 aliphatic heterocycles. The summed E-state index contributed by atoms with van der Waals surface area (Å²) in [5, 5.41) is 0. The number of aryl methyl sites for hydroxylation is 1. The van der Waals surface area contributed by atoms with Crippen LogP contribution in [0.1, 0.15) is 12.8 Å². The van der Waals surface area contributed by atoms with Gasteiger partial charge in [-0.1, -0.05) is 24.1 Å². The van der Waals surface area contributed by atoms with E-state index >= 15 is 0 Å². The molecular weight excluding hydrogens is 254 g/mol. The number of fused-ring (bicyclic) bond motifs is 1. The number of benzene rings is 1. The topological polar surface area (TPSA) is 89.6 Å². The zero-order valence-corrected chi connectivity index (χ0v) is 10.6. The van der Waals surface area contributed by atoms with E-state index in [0.717, 1.165) is 5.56 Å². The Hall–Kier alpha value is -3.07. The van der Waals surface area contributed by atoms with Crippen molar-refractivity contribution in [3.8, 4) is 11.8 Å². The second-order valence-corrected chi connectivity index (χ2v) is 4.16. The van der Waals surface area contributed by atoms with E-state index in [1.54, 1.807) is 35.9 Å². The van der Waals surface area contributed by atoms with Crippen LogP contribution in [-0.4, -0.2) is 19.5 Å². The Morgan fingerprint density at radius 2 is 2.10 bits per heavy atom. The minimum atomic E-state index is -0.389. The Balaban J connectivity index is 2.10. The highest BCUT2D eigenvalue weighted by molar-refractivity contribution is 5.72. The van der Waals surface area contributed by atoms with Crippen LogP contribution >= 0.6 is 0 Å². The number of nitrogens with zero attached hydrogens (tertiary/aromatic N) is 3. The molecule has 1 aromatic carbocycles. The smallest absolute Gasteiger partial charge is 0.280 e. The van der Waals surface area contributed by atoms with Crippen molar-refractivity contribution in [2.24, 2.45) is 7.05 Å². The number of H-pyrrole nitrogens is 1. The maximum Gasteiger partial charge on any atom is 0.280 e. The van der Waals surface area contributed by atoms with Gasteiger partial charge in [-0.3, -0.25) is 9.78 Å². The van der Waals surface area contributed by atoms with E-state index in [0.29, 0.717) is 17.5 Å². The first-order chi connectivity index (χ1) is 10.0. The van der Waals surface area contributed by atoms with E-state index in [-0.39, 0.29) is 17.0 Å². The fraction of sp³-hybridized carbons (Fsp3) is 0.0714. The number of nitrogens with two attached hydrogens (primary N) is 1. The van der Waals surface area contributed by atoms with Crippen LogP contribution in [0.5, 0.6) is 0 Å². The first kappa shape index (κ1) is 10.8. The fourth-order valence-electron chi connectivity index (χ4n) is 1.80. The molecule has 2 aromatic heterocycles. The van der Waals surface area contributed by atoms with Gasteiger partial charge < -0.3 is 10.3 Å². The lowest BCUT2D eigenvalue weighted by molar-refractivity contribution is 0.909. The molecule has 0 aliphatic rings. The molecule has 0 saturated carbocycles. The molecule has 3 aromatic rings. The summed E-state index contributed by atoms with van der Waals surface area (Å²) in [5.41, 5.74) is 6.49. The van der Waals surface area contributed by atoms with Crippen molar-refractivity contribution in [1.82, 2.24) is 19.5 Å². The molecule has 0 aliphatic carbocycles. The lowest BCUT2D eigenvalue weighted by atomic mass is 10.2. The number of hydrogen-bond acceptors (Lipinski definition) is 4. The van der Waals surface area contributed by atoms with Gasteiger partial charge in [0, 0.05) is 12.6 Å². The molecule has 0 radical (unpaired) electrons. The second-order valence-electron chi connectivity index (χ2n) is 4.16. The van der Waals surface area contributed by atoms with Crippen molar-refractivity contribution in [3.05, 3.63) is 52.0 Å². The number of imidazole rings is 1. The van der Waals surface area contributed by atoms with Crippen LogP contribution in [0.4, 0.5) is 5.95 Å². The van der Waals surface area contributed by atoms with Crippen LogP contribution in [0, 0.1) is 11.8 Å². The summed E-state index contributed by atoms with van der Waals surface area (Å²) in [7, 11) is 1.72. The van der Waals surface area contributed by atoms with Gasteiger partial charge in [-0.2, -0.15) is 4.98 Å². The number of anilines is 1. The third-order valence-electron chi connectivity index (χ3n) is 2.78. The Bertz CT molecular complexity index is 944.